The minimum atomic E-state index is -1.52. The van der Waals surface area contributed by atoms with E-state index in [0.717, 1.165) is 11.5 Å². The number of aliphatic hydroxyl groups excluding tert-OH is 2. The fourth-order valence-electron chi connectivity index (χ4n) is 3.53. The number of ketones is 1. The lowest BCUT2D eigenvalue weighted by atomic mass is 9.91. The van der Waals surface area contributed by atoms with Gasteiger partial charge in [0.25, 0.3) is 0 Å². The highest BCUT2D eigenvalue weighted by Crippen LogP contribution is 2.35. The molecule has 0 aliphatic heterocycles. The van der Waals surface area contributed by atoms with E-state index in [0.29, 0.717) is 33.8 Å². The van der Waals surface area contributed by atoms with Gasteiger partial charge in [-0.3, -0.25) is 4.79 Å². The molecule has 2 aromatic heterocycles. The highest BCUT2D eigenvalue weighted by Gasteiger charge is 2.30. The largest absolute Gasteiger partial charge is 0.461 e. The average molecular weight is 402 g/mol. The van der Waals surface area contributed by atoms with Gasteiger partial charge >= 0.3 is 0 Å². The lowest BCUT2D eigenvalue weighted by Gasteiger charge is -2.19. The van der Waals surface area contributed by atoms with Crippen molar-refractivity contribution in [3.05, 3.63) is 95.4 Å². The third-order valence-corrected chi connectivity index (χ3v) is 5.06. The van der Waals surface area contributed by atoms with Gasteiger partial charge in [-0.15, -0.1) is 0 Å². The predicted octanol–water partition coefficient (Wildman–Crippen LogP) is 5.16. The minimum Gasteiger partial charge on any atom is -0.461 e. The molecule has 5 nitrogen and oxygen atoms in total. The van der Waals surface area contributed by atoms with Crippen LogP contribution in [-0.4, -0.2) is 16.0 Å². The summed E-state index contributed by atoms with van der Waals surface area (Å²) in [6.07, 6.45) is -3.04. The van der Waals surface area contributed by atoms with Gasteiger partial charge in [-0.25, -0.2) is 0 Å². The summed E-state index contributed by atoms with van der Waals surface area (Å²) in [7, 11) is 0. The summed E-state index contributed by atoms with van der Waals surface area (Å²) in [4.78, 5) is 13.1. The number of Topliss-reactive ketones (excluding diaryl/α,β-unsaturated/α-hetero) is 1. The molecule has 0 saturated heterocycles. The molecule has 0 amide bonds. The van der Waals surface area contributed by atoms with E-state index in [1.54, 1.807) is 60.7 Å². The zero-order valence-corrected chi connectivity index (χ0v) is 16.7. The number of aryl methyl sites for hydroxylation is 2. The van der Waals surface area contributed by atoms with Crippen LogP contribution in [0.2, 0.25) is 0 Å². The number of furan rings is 2. The zero-order valence-electron chi connectivity index (χ0n) is 16.7. The maximum absolute atomic E-state index is 13.1. The summed E-state index contributed by atoms with van der Waals surface area (Å²) in [6, 6.07) is 21.1. The zero-order chi connectivity index (χ0) is 21.3. The third-order valence-electron chi connectivity index (χ3n) is 5.06. The van der Waals surface area contributed by atoms with E-state index >= 15 is 0 Å². The van der Waals surface area contributed by atoms with Crippen LogP contribution in [0.5, 0.6) is 0 Å². The molecule has 2 unspecified atom stereocenters. The Morgan fingerprint density at radius 2 is 1.07 bits per heavy atom. The molecule has 0 fully saturated rings. The lowest BCUT2D eigenvalue weighted by Crippen LogP contribution is -2.21. The monoisotopic (exact) mass is 402 g/mol. The van der Waals surface area contributed by atoms with Gasteiger partial charge in [-0.2, -0.15) is 0 Å². The first-order chi connectivity index (χ1) is 14.5. The van der Waals surface area contributed by atoms with E-state index in [1.807, 2.05) is 26.0 Å². The van der Waals surface area contributed by atoms with Crippen LogP contribution in [0.25, 0.3) is 22.6 Å². The quantitative estimate of drug-likeness (QED) is 0.465. The van der Waals surface area contributed by atoms with E-state index in [9.17, 15) is 15.0 Å². The van der Waals surface area contributed by atoms with Crippen LogP contribution in [0.4, 0.5) is 0 Å². The first-order valence-electron chi connectivity index (χ1n) is 9.67. The molecule has 0 aliphatic carbocycles. The Balaban J connectivity index is 1.68. The molecule has 2 atom stereocenters. The standard InChI is InChI=1S/C25H22O5/c1-15-11-13-21(29-15)17-7-3-5-9-19(17)23(26)25(28)24(27)20-10-6-4-8-18(20)22-14-12-16(2)30-22/h3-14,23-24,26-27H,1-2H3. The van der Waals surface area contributed by atoms with Gasteiger partial charge in [0.1, 0.15) is 35.2 Å². The van der Waals surface area contributed by atoms with Gasteiger partial charge in [-0.1, -0.05) is 48.5 Å². The highest BCUT2D eigenvalue weighted by atomic mass is 16.3. The highest BCUT2D eigenvalue weighted by molar-refractivity contribution is 5.92. The maximum atomic E-state index is 13.1. The van der Waals surface area contributed by atoms with Crippen molar-refractivity contribution in [3.63, 3.8) is 0 Å². The Kier molecular flexibility index (Phi) is 5.40. The number of carbonyl (C=O) groups is 1. The van der Waals surface area contributed by atoms with Crippen LogP contribution in [0, 0.1) is 13.8 Å². The van der Waals surface area contributed by atoms with Crippen molar-refractivity contribution < 1.29 is 23.8 Å². The fourth-order valence-corrected chi connectivity index (χ4v) is 3.53. The molecule has 152 valence electrons. The molecular formula is C25H22O5. The molecule has 4 aromatic rings. The van der Waals surface area contributed by atoms with Crippen molar-refractivity contribution in [2.45, 2.75) is 26.1 Å². The van der Waals surface area contributed by atoms with Crippen LogP contribution < -0.4 is 0 Å². The molecule has 0 bridgehead atoms. The first-order valence-corrected chi connectivity index (χ1v) is 9.67. The summed E-state index contributed by atoms with van der Waals surface area (Å²) in [6.45, 7) is 3.65. The predicted molar refractivity (Wildman–Crippen MR) is 113 cm³/mol. The van der Waals surface area contributed by atoms with Gasteiger partial charge in [-0.05, 0) is 49.2 Å². The van der Waals surface area contributed by atoms with Gasteiger partial charge in [0.05, 0.1) is 0 Å². The average Bonchev–Trinajstić information content (AvgIpc) is 3.40. The molecule has 2 N–H and O–H groups in total. The Bertz CT molecular complexity index is 1090. The fraction of sp³-hybridized carbons (Fsp3) is 0.160. The van der Waals surface area contributed by atoms with Gasteiger partial charge in [0.15, 0.2) is 5.78 Å². The topological polar surface area (TPSA) is 83.8 Å². The molecule has 2 heterocycles. The number of carbonyl (C=O) groups excluding carboxylic acids is 1. The molecule has 5 heteroatoms. The van der Waals surface area contributed by atoms with E-state index in [4.69, 9.17) is 8.83 Å². The van der Waals surface area contributed by atoms with Gasteiger partial charge in [0, 0.05) is 11.1 Å². The van der Waals surface area contributed by atoms with Crippen molar-refractivity contribution in [1.29, 1.82) is 0 Å². The number of aliphatic hydroxyl groups is 2. The summed E-state index contributed by atoms with van der Waals surface area (Å²) in [5.74, 6) is 1.83. The van der Waals surface area contributed by atoms with Crippen LogP contribution in [-0.2, 0) is 4.79 Å². The van der Waals surface area contributed by atoms with Crippen molar-refractivity contribution in [1.82, 2.24) is 0 Å². The van der Waals surface area contributed by atoms with E-state index < -0.39 is 18.0 Å². The molecule has 0 spiro atoms. The normalized spacial score (nSPS) is 13.2. The second kappa shape index (κ2) is 8.14. The van der Waals surface area contributed by atoms with Crippen molar-refractivity contribution in [2.24, 2.45) is 0 Å². The molecule has 0 aliphatic rings. The summed E-state index contributed by atoms with van der Waals surface area (Å²) < 4.78 is 11.3. The Labute approximate surface area is 174 Å². The number of rotatable bonds is 6. The number of hydrogen-bond acceptors (Lipinski definition) is 5. The molecule has 4 rings (SSSR count). The van der Waals surface area contributed by atoms with E-state index in [-0.39, 0.29) is 0 Å². The SMILES string of the molecule is Cc1ccc(-c2ccccc2C(O)C(=O)C(O)c2ccccc2-c2ccc(C)o2)o1. The number of hydrogen-bond donors (Lipinski definition) is 2. The van der Waals surface area contributed by atoms with E-state index in [1.165, 1.54) is 0 Å². The van der Waals surface area contributed by atoms with Crippen molar-refractivity contribution >= 4 is 5.78 Å². The smallest absolute Gasteiger partial charge is 0.198 e. The van der Waals surface area contributed by atoms with Crippen LogP contribution >= 0.6 is 0 Å². The van der Waals surface area contributed by atoms with Gasteiger partial charge < -0.3 is 19.0 Å². The van der Waals surface area contributed by atoms with Crippen molar-refractivity contribution in [3.8, 4) is 22.6 Å². The molecule has 0 saturated carbocycles. The summed E-state index contributed by atoms with van der Waals surface area (Å²) in [5.41, 5.74) is 1.96. The van der Waals surface area contributed by atoms with E-state index in [2.05, 4.69) is 0 Å². The van der Waals surface area contributed by atoms with Gasteiger partial charge in [0.2, 0.25) is 0 Å². The lowest BCUT2D eigenvalue weighted by molar-refractivity contribution is -0.136. The maximum Gasteiger partial charge on any atom is 0.198 e. The van der Waals surface area contributed by atoms with Crippen LogP contribution in [0.15, 0.2) is 81.6 Å². The number of benzene rings is 2. The van der Waals surface area contributed by atoms with Crippen LogP contribution in [0.1, 0.15) is 34.9 Å². The molecule has 2 aromatic carbocycles. The first kappa shape index (κ1) is 19.9. The third kappa shape index (κ3) is 3.73. The summed E-state index contributed by atoms with van der Waals surface area (Å²) in [5, 5.41) is 21.7. The second-order valence-corrected chi connectivity index (χ2v) is 7.20. The van der Waals surface area contributed by atoms with Crippen LogP contribution in [0.3, 0.4) is 0 Å². The minimum absolute atomic E-state index is 0.377. The molecular weight excluding hydrogens is 380 g/mol. The summed E-state index contributed by atoms with van der Waals surface area (Å²) >= 11 is 0. The Morgan fingerprint density at radius 1 is 0.667 bits per heavy atom. The Morgan fingerprint density at radius 3 is 1.43 bits per heavy atom. The molecule has 0 radical (unpaired) electrons. The Hall–Kier alpha value is -3.41. The molecule has 30 heavy (non-hydrogen) atoms. The van der Waals surface area contributed by atoms with Crippen molar-refractivity contribution in [2.75, 3.05) is 0 Å². The second-order valence-electron chi connectivity index (χ2n) is 7.20.